The Morgan fingerprint density at radius 1 is 1.24 bits per heavy atom. The van der Waals surface area contributed by atoms with Crippen molar-refractivity contribution in [3.8, 4) is 5.75 Å². The quantitative estimate of drug-likeness (QED) is 0.377. The summed E-state index contributed by atoms with van der Waals surface area (Å²) < 4.78 is 5.53. The molecule has 0 saturated carbocycles. The zero-order chi connectivity index (χ0) is 12.1. The van der Waals surface area contributed by atoms with E-state index in [-0.39, 0.29) is 0 Å². The third-order valence-corrected chi connectivity index (χ3v) is 2.47. The Morgan fingerprint density at radius 2 is 2.06 bits per heavy atom. The molecule has 2 rings (SSSR count). The van der Waals surface area contributed by atoms with Crippen LogP contribution in [0.4, 0.5) is 0 Å². The second-order valence-corrected chi connectivity index (χ2v) is 3.54. The van der Waals surface area contributed by atoms with Gasteiger partial charge in [0.25, 0.3) is 0 Å². The summed E-state index contributed by atoms with van der Waals surface area (Å²) in [6, 6.07) is 11.7. The van der Waals surface area contributed by atoms with Gasteiger partial charge in [-0.2, -0.15) is 0 Å². The second-order valence-electron chi connectivity index (χ2n) is 3.54. The van der Waals surface area contributed by atoms with Crippen LogP contribution >= 0.6 is 0 Å². The van der Waals surface area contributed by atoms with Crippen LogP contribution in [-0.4, -0.2) is 18.0 Å². The van der Waals surface area contributed by atoms with Gasteiger partial charge in [0.2, 0.25) is 0 Å². The minimum absolute atomic E-state index is 0.421. The maximum Gasteiger partial charge on any atom is 0.129 e. The first-order valence-corrected chi connectivity index (χ1v) is 5.29. The molecule has 86 valence electrons. The Kier molecular flexibility index (Phi) is 3.40. The zero-order valence-corrected chi connectivity index (χ0v) is 9.34. The molecule has 0 aliphatic heterocycles. The van der Waals surface area contributed by atoms with E-state index in [1.807, 2.05) is 36.4 Å². The number of benzene rings is 2. The molecule has 0 bridgehead atoms. The maximum atomic E-state index is 8.72. The lowest BCUT2D eigenvalue weighted by molar-refractivity contribution is 0.321. The number of nitrogens with zero attached hydrogens (tertiary/aromatic N) is 1. The van der Waals surface area contributed by atoms with Crippen LogP contribution in [0.5, 0.6) is 5.75 Å². The van der Waals surface area contributed by atoms with Crippen molar-refractivity contribution >= 4 is 17.0 Å². The fourth-order valence-corrected chi connectivity index (χ4v) is 1.74. The summed E-state index contributed by atoms with van der Waals surface area (Å²) in [6.45, 7) is 4.03. The first-order chi connectivity index (χ1) is 8.36. The number of oxime groups is 1. The van der Waals surface area contributed by atoms with Crippen LogP contribution in [0.15, 0.2) is 54.2 Å². The van der Waals surface area contributed by atoms with E-state index in [4.69, 9.17) is 9.94 Å². The molecule has 0 amide bonds. The van der Waals surface area contributed by atoms with Crippen LogP contribution in [0, 0.1) is 0 Å². The van der Waals surface area contributed by atoms with Gasteiger partial charge < -0.3 is 9.94 Å². The SMILES string of the molecule is C=CCOc1ccc2ccccc2c1/C=N/O. The fourth-order valence-electron chi connectivity index (χ4n) is 1.74. The molecule has 2 aromatic rings. The predicted octanol–water partition coefficient (Wildman–Crippen LogP) is 3.21. The Hall–Kier alpha value is -2.29. The van der Waals surface area contributed by atoms with Gasteiger partial charge in [-0.1, -0.05) is 48.1 Å². The molecule has 0 saturated heterocycles. The molecule has 0 spiro atoms. The molecular formula is C14H13NO2. The summed E-state index contributed by atoms with van der Waals surface area (Å²) in [7, 11) is 0. The smallest absolute Gasteiger partial charge is 0.129 e. The van der Waals surface area contributed by atoms with Crippen molar-refractivity contribution in [2.75, 3.05) is 6.61 Å². The van der Waals surface area contributed by atoms with Gasteiger partial charge in [-0.15, -0.1) is 0 Å². The minimum atomic E-state index is 0.421. The number of hydrogen-bond acceptors (Lipinski definition) is 3. The first-order valence-electron chi connectivity index (χ1n) is 5.29. The van der Waals surface area contributed by atoms with Crippen LogP contribution < -0.4 is 4.74 Å². The van der Waals surface area contributed by atoms with Crippen molar-refractivity contribution in [1.82, 2.24) is 0 Å². The Morgan fingerprint density at radius 3 is 2.82 bits per heavy atom. The summed E-state index contributed by atoms with van der Waals surface area (Å²) in [6.07, 6.45) is 3.07. The highest BCUT2D eigenvalue weighted by Gasteiger charge is 2.06. The number of rotatable bonds is 4. The Balaban J connectivity index is 2.59. The average Bonchev–Trinajstić information content (AvgIpc) is 2.38. The molecule has 0 aliphatic carbocycles. The molecule has 17 heavy (non-hydrogen) atoms. The highest BCUT2D eigenvalue weighted by molar-refractivity contribution is 6.02. The van der Waals surface area contributed by atoms with Crippen LogP contribution in [0.25, 0.3) is 10.8 Å². The van der Waals surface area contributed by atoms with Gasteiger partial charge in [-0.3, -0.25) is 0 Å². The Bertz CT molecular complexity index is 561. The highest BCUT2D eigenvalue weighted by atomic mass is 16.5. The summed E-state index contributed by atoms with van der Waals surface area (Å²) in [5.41, 5.74) is 0.771. The van der Waals surface area contributed by atoms with Gasteiger partial charge >= 0.3 is 0 Å². The van der Waals surface area contributed by atoms with Gasteiger partial charge in [0.05, 0.1) is 6.21 Å². The summed E-state index contributed by atoms with van der Waals surface area (Å²) >= 11 is 0. The van der Waals surface area contributed by atoms with Crippen molar-refractivity contribution in [1.29, 1.82) is 0 Å². The van der Waals surface area contributed by atoms with E-state index in [0.29, 0.717) is 12.4 Å². The van der Waals surface area contributed by atoms with Crippen molar-refractivity contribution in [3.63, 3.8) is 0 Å². The van der Waals surface area contributed by atoms with Crippen molar-refractivity contribution in [2.45, 2.75) is 0 Å². The topological polar surface area (TPSA) is 41.8 Å². The first kappa shape index (κ1) is 11.2. The highest BCUT2D eigenvalue weighted by Crippen LogP contribution is 2.26. The van der Waals surface area contributed by atoms with Crippen LogP contribution in [0.2, 0.25) is 0 Å². The van der Waals surface area contributed by atoms with Gasteiger partial charge in [0, 0.05) is 5.56 Å². The van der Waals surface area contributed by atoms with Gasteiger partial charge in [-0.05, 0) is 16.8 Å². The van der Waals surface area contributed by atoms with Crippen molar-refractivity contribution in [3.05, 3.63) is 54.6 Å². The van der Waals surface area contributed by atoms with Crippen molar-refractivity contribution < 1.29 is 9.94 Å². The third-order valence-electron chi connectivity index (χ3n) is 2.47. The second kappa shape index (κ2) is 5.16. The molecule has 0 unspecified atom stereocenters. The van der Waals surface area contributed by atoms with Gasteiger partial charge in [0.15, 0.2) is 0 Å². The molecule has 0 aromatic heterocycles. The zero-order valence-electron chi connectivity index (χ0n) is 9.34. The van der Waals surface area contributed by atoms with E-state index >= 15 is 0 Å². The number of fused-ring (bicyclic) bond motifs is 1. The van der Waals surface area contributed by atoms with E-state index < -0.39 is 0 Å². The number of ether oxygens (including phenoxy) is 1. The van der Waals surface area contributed by atoms with E-state index in [2.05, 4.69) is 11.7 Å². The van der Waals surface area contributed by atoms with E-state index in [1.54, 1.807) is 6.08 Å². The van der Waals surface area contributed by atoms with E-state index in [0.717, 1.165) is 16.3 Å². The monoisotopic (exact) mass is 227 g/mol. The maximum absolute atomic E-state index is 8.72. The van der Waals surface area contributed by atoms with Gasteiger partial charge in [0.1, 0.15) is 12.4 Å². The van der Waals surface area contributed by atoms with E-state index in [1.165, 1.54) is 6.21 Å². The third kappa shape index (κ3) is 2.28. The van der Waals surface area contributed by atoms with Gasteiger partial charge in [-0.25, -0.2) is 0 Å². The molecule has 1 N–H and O–H groups in total. The lowest BCUT2D eigenvalue weighted by Gasteiger charge is -2.09. The molecule has 3 heteroatoms. The molecule has 0 atom stereocenters. The summed E-state index contributed by atoms with van der Waals surface area (Å²) in [5.74, 6) is 0.682. The summed E-state index contributed by atoms with van der Waals surface area (Å²) in [5, 5.41) is 13.9. The Labute approximate surface area is 99.6 Å². The molecule has 0 aliphatic rings. The average molecular weight is 227 g/mol. The number of hydrogen-bond donors (Lipinski definition) is 1. The normalized spacial score (nSPS) is 10.8. The lowest BCUT2D eigenvalue weighted by atomic mass is 10.0. The van der Waals surface area contributed by atoms with E-state index in [9.17, 15) is 0 Å². The summed E-state index contributed by atoms with van der Waals surface area (Å²) in [4.78, 5) is 0. The molecule has 2 aromatic carbocycles. The van der Waals surface area contributed by atoms with Crippen LogP contribution in [-0.2, 0) is 0 Å². The molecule has 3 nitrogen and oxygen atoms in total. The van der Waals surface area contributed by atoms with Crippen LogP contribution in [0.3, 0.4) is 0 Å². The minimum Gasteiger partial charge on any atom is -0.489 e. The molecule has 0 fully saturated rings. The fraction of sp³-hybridized carbons (Fsp3) is 0.0714. The standard InChI is InChI=1S/C14H13NO2/c1-2-9-17-14-8-7-11-5-3-4-6-12(11)13(14)10-15-16/h2-8,10,16H,1,9H2/b15-10+. The molecule has 0 radical (unpaired) electrons. The lowest BCUT2D eigenvalue weighted by Crippen LogP contribution is -1.97. The molecular weight excluding hydrogens is 214 g/mol. The predicted molar refractivity (Wildman–Crippen MR) is 69.0 cm³/mol. The van der Waals surface area contributed by atoms with Crippen LogP contribution in [0.1, 0.15) is 5.56 Å². The van der Waals surface area contributed by atoms with Crippen molar-refractivity contribution in [2.24, 2.45) is 5.16 Å². The largest absolute Gasteiger partial charge is 0.489 e. The molecule has 0 heterocycles.